The van der Waals surface area contributed by atoms with Crippen LogP contribution in [0, 0.1) is 0 Å². The monoisotopic (exact) mass is 523 g/mol. The molecule has 1 fully saturated rings. The van der Waals surface area contributed by atoms with Gasteiger partial charge in [0.2, 0.25) is 0 Å². The summed E-state index contributed by atoms with van der Waals surface area (Å²) in [6, 6.07) is 13.8. The molecule has 7 heteroatoms. The highest BCUT2D eigenvalue weighted by Crippen LogP contribution is 2.32. The van der Waals surface area contributed by atoms with Gasteiger partial charge in [-0.3, -0.25) is 0 Å². The number of benzene rings is 2. The molecule has 1 saturated carbocycles. The Morgan fingerprint density at radius 2 is 1.80 bits per heavy atom. The molecule has 0 amide bonds. The van der Waals surface area contributed by atoms with Crippen molar-refractivity contribution in [2.75, 3.05) is 18.5 Å². The maximum absolute atomic E-state index is 6.14. The highest BCUT2D eigenvalue weighted by atomic mass is 127. The van der Waals surface area contributed by atoms with Crippen molar-refractivity contribution in [3.8, 4) is 17.2 Å². The number of aliphatic imine (C=N–C) groups is 1. The van der Waals surface area contributed by atoms with Crippen LogP contribution in [0.2, 0.25) is 0 Å². The molecule has 3 N–H and O–H groups in total. The maximum Gasteiger partial charge on any atom is 0.193 e. The zero-order chi connectivity index (χ0) is 19.9. The van der Waals surface area contributed by atoms with Crippen LogP contribution in [0.5, 0.6) is 17.2 Å². The molecule has 4 rings (SSSR count). The molecule has 0 spiro atoms. The summed E-state index contributed by atoms with van der Waals surface area (Å²) in [5.41, 5.74) is 7.98. The molecule has 1 aliphatic carbocycles. The molecule has 6 nitrogen and oxygen atoms in total. The van der Waals surface area contributed by atoms with Gasteiger partial charge in [-0.2, -0.15) is 0 Å². The van der Waals surface area contributed by atoms with Gasteiger partial charge in [-0.15, -0.1) is 24.0 Å². The summed E-state index contributed by atoms with van der Waals surface area (Å²) in [6.45, 7) is 1.82. The van der Waals surface area contributed by atoms with Crippen molar-refractivity contribution < 1.29 is 14.2 Å². The zero-order valence-electron chi connectivity index (χ0n) is 17.1. The molecule has 30 heavy (non-hydrogen) atoms. The predicted molar refractivity (Wildman–Crippen MR) is 130 cm³/mol. The van der Waals surface area contributed by atoms with Crippen LogP contribution in [0.25, 0.3) is 0 Å². The second kappa shape index (κ2) is 11.3. The molecule has 0 bridgehead atoms. The van der Waals surface area contributed by atoms with E-state index < -0.39 is 0 Å². The molecule has 2 aromatic rings. The molecule has 0 atom stereocenters. The van der Waals surface area contributed by atoms with Crippen molar-refractivity contribution in [1.29, 1.82) is 0 Å². The second-order valence-electron chi connectivity index (χ2n) is 7.56. The van der Waals surface area contributed by atoms with Crippen LogP contribution < -0.4 is 25.3 Å². The number of halogens is 1. The minimum atomic E-state index is 0. The largest absolute Gasteiger partial charge is 0.490 e. The van der Waals surface area contributed by atoms with Crippen molar-refractivity contribution in [1.82, 2.24) is 0 Å². The van der Waals surface area contributed by atoms with Crippen molar-refractivity contribution in [3.05, 3.63) is 48.0 Å². The second-order valence-corrected chi connectivity index (χ2v) is 7.56. The molecule has 1 heterocycles. The third-order valence-corrected chi connectivity index (χ3v) is 5.21. The number of fused-ring (bicyclic) bond motifs is 1. The highest BCUT2D eigenvalue weighted by molar-refractivity contribution is 14.0. The molecule has 0 saturated heterocycles. The first-order valence-electron chi connectivity index (χ1n) is 10.5. The van der Waals surface area contributed by atoms with E-state index in [0.717, 1.165) is 47.8 Å². The van der Waals surface area contributed by atoms with Gasteiger partial charge < -0.3 is 25.3 Å². The SMILES string of the molecule is I.NC(=NCc1cccc(OC2CCCCC2)c1)Nc1ccc2c(c1)OCCCO2. The van der Waals surface area contributed by atoms with E-state index >= 15 is 0 Å². The number of hydrogen-bond acceptors (Lipinski definition) is 4. The molecule has 0 aromatic heterocycles. The lowest BCUT2D eigenvalue weighted by molar-refractivity contribution is 0.155. The number of hydrogen-bond donors (Lipinski definition) is 2. The van der Waals surface area contributed by atoms with Gasteiger partial charge in [0.15, 0.2) is 17.5 Å². The number of nitrogens with one attached hydrogen (secondary N) is 1. The lowest BCUT2D eigenvalue weighted by Gasteiger charge is -2.23. The van der Waals surface area contributed by atoms with Gasteiger partial charge in [0.05, 0.1) is 25.9 Å². The van der Waals surface area contributed by atoms with Gasteiger partial charge >= 0.3 is 0 Å². The van der Waals surface area contributed by atoms with Gasteiger partial charge in [0.1, 0.15) is 5.75 Å². The van der Waals surface area contributed by atoms with E-state index in [9.17, 15) is 0 Å². The number of nitrogens with zero attached hydrogens (tertiary/aromatic N) is 1. The van der Waals surface area contributed by atoms with Crippen molar-refractivity contribution in [2.24, 2.45) is 10.7 Å². The first-order chi connectivity index (χ1) is 14.3. The normalized spacial score (nSPS) is 16.9. The Balaban J connectivity index is 0.00000256. The topological polar surface area (TPSA) is 78.1 Å². The van der Waals surface area contributed by atoms with E-state index in [2.05, 4.69) is 16.4 Å². The number of anilines is 1. The minimum absolute atomic E-state index is 0. The summed E-state index contributed by atoms with van der Waals surface area (Å²) in [5, 5.41) is 3.12. The Morgan fingerprint density at radius 3 is 2.63 bits per heavy atom. The number of guanidine groups is 1. The number of nitrogens with two attached hydrogens (primary N) is 1. The zero-order valence-corrected chi connectivity index (χ0v) is 19.5. The molecule has 0 unspecified atom stereocenters. The van der Waals surface area contributed by atoms with E-state index in [1.54, 1.807) is 0 Å². The van der Waals surface area contributed by atoms with Crippen molar-refractivity contribution >= 4 is 35.6 Å². The van der Waals surface area contributed by atoms with Gasteiger partial charge in [-0.1, -0.05) is 18.6 Å². The fourth-order valence-electron chi connectivity index (χ4n) is 3.70. The van der Waals surface area contributed by atoms with Crippen LogP contribution in [-0.4, -0.2) is 25.3 Å². The average molecular weight is 523 g/mol. The first kappa shape index (κ1) is 22.5. The summed E-state index contributed by atoms with van der Waals surface area (Å²) in [7, 11) is 0. The summed E-state index contributed by atoms with van der Waals surface area (Å²) in [5.74, 6) is 2.77. The minimum Gasteiger partial charge on any atom is -0.490 e. The predicted octanol–water partition coefficient (Wildman–Crippen LogP) is 5.10. The smallest absolute Gasteiger partial charge is 0.193 e. The van der Waals surface area contributed by atoms with Gasteiger partial charge in [0.25, 0.3) is 0 Å². The molecule has 2 aliphatic rings. The standard InChI is InChI=1S/C23H29N3O3.HI/c24-23(26-18-10-11-21-22(15-18)28-13-5-12-27-21)25-16-17-6-4-9-20(14-17)29-19-7-2-1-3-8-19;/h4,6,9-11,14-15,19H,1-3,5,7-8,12-13,16H2,(H3,24,25,26);1H. The van der Waals surface area contributed by atoms with Crippen LogP contribution >= 0.6 is 24.0 Å². The Labute approximate surface area is 195 Å². The van der Waals surface area contributed by atoms with Crippen LogP contribution in [0.1, 0.15) is 44.1 Å². The Hall–Kier alpha value is -2.16. The number of ether oxygens (including phenoxy) is 3. The van der Waals surface area contributed by atoms with E-state index in [1.807, 2.05) is 36.4 Å². The quantitative estimate of drug-likeness (QED) is 0.324. The fraction of sp³-hybridized carbons (Fsp3) is 0.435. The molecule has 0 radical (unpaired) electrons. The Bertz CT molecular complexity index is 853. The Morgan fingerprint density at radius 1 is 1.00 bits per heavy atom. The summed E-state index contributed by atoms with van der Waals surface area (Å²) in [6.07, 6.45) is 7.36. The number of rotatable bonds is 5. The summed E-state index contributed by atoms with van der Waals surface area (Å²) < 4.78 is 17.5. The Kier molecular flexibility index (Phi) is 8.48. The lowest BCUT2D eigenvalue weighted by atomic mass is 9.98. The summed E-state index contributed by atoms with van der Waals surface area (Å²) >= 11 is 0. The summed E-state index contributed by atoms with van der Waals surface area (Å²) in [4.78, 5) is 4.46. The third-order valence-electron chi connectivity index (χ3n) is 5.21. The maximum atomic E-state index is 6.14. The molecular formula is C23H30IN3O3. The average Bonchev–Trinajstić information content (AvgIpc) is 2.98. The third kappa shape index (κ3) is 6.42. The van der Waals surface area contributed by atoms with Gasteiger partial charge in [0, 0.05) is 18.2 Å². The van der Waals surface area contributed by atoms with Crippen molar-refractivity contribution in [3.63, 3.8) is 0 Å². The lowest BCUT2D eigenvalue weighted by Crippen LogP contribution is -2.22. The first-order valence-corrected chi connectivity index (χ1v) is 10.5. The van der Waals surface area contributed by atoms with Crippen molar-refractivity contribution in [2.45, 2.75) is 51.2 Å². The molecule has 162 valence electrons. The van der Waals surface area contributed by atoms with E-state index in [0.29, 0.717) is 31.8 Å². The highest BCUT2D eigenvalue weighted by Gasteiger charge is 2.15. The molecule has 1 aliphatic heterocycles. The van der Waals surface area contributed by atoms with E-state index in [4.69, 9.17) is 19.9 Å². The molecular weight excluding hydrogens is 493 g/mol. The van der Waals surface area contributed by atoms with Crippen LogP contribution in [0.3, 0.4) is 0 Å². The van der Waals surface area contributed by atoms with Gasteiger partial charge in [-0.25, -0.2) is 4.99 Å². The molecule has 2 aromatic carbocycles. The van der Waals surface area contributed by atoms with Crippen LogP contribution in [-0.2, 0) is 6.54 Å². The van der Waals surface area contributed by atoms with Gasteiger partial charge in [-0.05, 0) is 55.5 Å². The van der Waals surface area contributed by atoms with E-state index in [1.165, 1.54) is 19.3 Å². The van der Waals surface area contributed by atoms with Crippen LogP contribution in [0.4, 0.5) is 5.69 Å². The fourth-order valence-corrected chi connectivity index (χ4v) is 3.70. The van der Waals surface area contributed by atoms with E-state index in [-0.39, 0.29) is 24.0 Å². The van der Waals surface area contributed by atoms with Crippen LogP contribution in [0.15, 0.2) is 47.5 Å².